The number of para-hydroxylation sites is 1. The second kappa shape index (κ2) is 8.97. The number of Topliss-reactive ketones (excluding diaryl/α,β-unsaturated/α-hetero) is 1. The molecule has 0 aliphatic carbocycles. The van der Waals surface area contributed by atoms with Crippen molar-refractivity contribution in [2.45, 2.75) is 13.3 Å². The molecular weight excluding hydrogens is 412 g/mol. The Balaban J connectivity index is 1.49. The third kappa shape index (κ3) is 4.90. The van der Waals surface area contributed by atoms with Gasteiger partial charge in [0.15, 0.2) is 10.9 Å². The summed E-state index contributed by atoms with van der Waals surface area (Å²) in [4.78, 5) is 28.7. The van der Waals surface area contributed by atoms with Crippen LogP contribution in [0.1, 0.15) is 22.8 Å². The van der Waals surface area contributed by atoms with Crippen LogP contribution in [0.5, 0.6) is 17.2 Å². The average molecular weight is 433 g/mol. The zero-order chi connectivity index (χ0) is 21.8. The van der Waals surface area contributed by atoms with Crippen LogP contribution in [-0.4, -0.2) is 23.8 Å². The highest BCUT2D eigenvalue weighted by atomic mass is 32.1. The van der Waals surface area contributed by atoms with Crippen LogP contribution in [0.4, 0.5) is 5.13 Å². The van der Waals surface area contributed by atoms with Gasteiger partial charge in [0, 0.05) is 17.2 Å². The number of ether oxygens (including phenoxy) is 2. The quantitative estimate of drug-likeness (QED) is 0.391. The zero-order valence-electron chi connectivity index (χ0n) is 17.0. The van der Waals surface area contributed by atoms with Crippen molar-refractivity contribution in [1.82, 2.24) is 4.98 Å². The van der Waals surface area contributed by atoms with E-state index in [1.165, 1.54) is 25.4 Å². The normalized spacial score (nSPS) is 10.6. The number of benzene rings is 3. The first-order valence-electron chi connectivity index (χ1n) is 9.63. The maximum atomic E-state index is 12.6. The number of amides is 1. The number of carbonyl (C=O) groups is 2. The molecule has 7 heteroatoms. The molecule has 0 saturated carbocycles. The van der Waals surface area contributed by atoms with Gasteiger partial charge in [-0.15, -0.1) is 0 Å². The lowest BCUT2D eigenvalue weighted by atomic mass is 10.0. The summed E-state index contributed by atoms with van der Waals surface area (Å²) < 4.78 is 12.1. The number of hydrogen-bond acceptors (Lipinski definition) is 6. The molecule has 0 unspecified atom stereocenters. The molecule has 4 rings (SSSR count). The van der Waals surface area contributed by atoms with E-state index < -0.39 is 0 Å². The summed E-state index contributed by atoms with van der Waals surface area (Å²) in [6.45, 7) is 1.49. The van der Waals surface area contributed by atoms with Crippen LogP contribution in [-0.2, 0) is 11.2 Å². The van der Waals surface area contributed by atoms with E-state index in [1.54, 1.807) is 18.2 Å². The number of nitrogens with one attached hydrogen (secondary N) is 1. The van der Waals surface area contributed by atoms with Crippen LogP contribution >= 0.6 is 11.3 Å². The summed E-state index contributed by atoms with van der Waals surface area (Å²) in [6.07, 6.45) is 0.0720. The zero-order valence-corrected chi connectivity index (χ0v) is 17.9. The number of hydrogen-bond donors (Lipinski definition) is 1. The predicted octanol–water partition coefficient (Wildman–Crippen LogP) is 5.48. The minimum atomic E-state index is -0.237. The number of ketones is 1. The monoisotopic (exact) mass is 432 g/mol. The van der Waals surface area contributed by atoms with Crippen molar-refractivity contribution in [3.05, 3.63) is 77.9 Å². The Hall–Kier alpha value is -3.71. The van der Waals surface area contributed by atoms with Gasteiger partial charge in [-0.05, 0) is 49.4 Å². The molecule has 1 amide bonds. The molecule has 1 N–H and O–H groups in total. The van der Waals surface area contributed by atoms with Gasteiger partial charge in [-0.1, -0.05) is 29.5 Å². The fourth-order valence-corrected chi connectivity index (χ4v) is 4.03. The van der Waals surface area contributed by atoms with E-state index >= 15 is 0 Å². The summed E-state index contributed by atoms with van der Waals surface area (Å²) in [5, 5.41) is 3.33. The molecule has 0 atom stereocenters. The molecule has 0 radical (unpaired) electrons. The predicted molar refractivity (Wildman–Crippen MR) is 121 cm³/mol. The molecule has 6 nitrogen and oxygen atoms in total. The van der Waals surface area contributed by atoms with E-state index in [1.807, 2.05) is 48.5 Å². The molecule has 156 valence electrons. The molecule has 0 spiro atoms. The molecule has 0 aliphatic heterocycles. The third-order valence-corrected chi connectivity index (χ3v) is 5.56. The number of thiazole rings is 1. The first-order chi connectivity index (χ1) is 15.0. The fraction of sp³-hybridized carbons (Fsp3) is 0.125. The second-order valence-corrected chi connectivity index (χ2v) is 7.90. The molecule has 0 saturated heterocycles. The highest BCUT2D eigenvalue weighted by molar-refractivity contribution is 7.22. The largest absolute Gasteiger partial charge is 0.496 e. The number of carbonyl (C=O) groups excluding carboxylic acids is 2. The Kier molecular flexibility index (Phi) is 5.95. The van der Waals surface area contributed by atoms with Gasteiger partial charge in [0.25, 0.3) is 0 Å². The van der Waals surface area contributed by atoms with Crippen molar-refractivity contribution in [2.75, 3.05) is 12.4 Å². The van der Waals surface area contributed by atoms with E-state index in [2.05, 4.69) is 10.3 Å². The summed E-state index contributed by atoms with van der Waals surface area (Å²) in [5.41, 5.74) is 1.96. The molecule has 1 heterocycles. The van der Waals surface area contributed by atoms with E-state index in [9.17, 15) is 9.59 Å². The second-order valence-electron chi connectivity index (χ2n) is 6.87. The van der Waals surface area contributed by atoms with Crippen LogP contribution in [0, 0.1) is 0 Å². The Morgan fingerprint density at radius 1 is 1.00 bits per heavy atom. The van der Waals surface area contributed by atoms with Gasteiger partial charge < -0.3 is 14.8 Å². The molecular formula is C24H20N2O4S. The van der Waals surface area contributed by atoms with E-state index in [4.69, 9.17) is 9.47 Å². The van der Waals surface area contributed by atoms with Gasteiger partial charge in [0.2, 0.25) is 5.91 Å². The highest BCUT2D eigenvalue weighted by Crippen LogP contribution is 2.31. The lowest BCUT2D eigenvalue weighted by Gasteiger charge is -2.09. The lowest BCUT2D eigenvalue weighted by Crippen LogP contribution is -2.15. The molecule has 0 bridgehead atoms. The molecule has 0 fully saturated rings. The number of nitrogens with zero attached hydrogens (tertiary/aromatic N) is 1. The van der Waals surface area contributed by atoms with Gasteiger partial charge in [-0.25, -0.2) is 4.98 Å². The van der Waals surface area contributed by atoms with Crippen LogP contribution < -0.4 is 14.8 Å². The SMILES string of the molecule is COc1ccc(C(C)=O)cc1CC(=O)Nc1nc2ccc(Oc3ccccc3)cc2s1. The van der Waals surface area contributed by atoms with Crippen molar-refractivity contribution in [3.63, 3.8) is 0 Å². The number of methoxy groups -OCH3 is 1. The molecule has 3 aromatic carbocycles. The summed E-state index contributed by atoms with van der Waals surface area (Å²) >= 11 is 1.37. The van der Waals surface area contributed by atoms with Gasteiger partial charge >= 0.3 is 0 Å². The topological polar surface area (TPSA) is 77.5 Å². The van der Waals surface area contributed by atoms with E-state index in [0.717, 1.165) is 16.0 Å². The number of fused-ring (bicyclic) bond motifs is 1. The van der Waals surface area contributed by atoms with Crippen molar-refractivity contribution in [3.8, 4) is 17.2 Å². The number of rotatable bonds is 7. The summed E-state index contributed by atoms with van der Waals surface area (Å²) in [5.74, 6) is 1.71. The first kappa shape index (κ1) is 20.6. The van der Waals surface area contributed by atoms with Gasteiger partial charge in [0.05, 0.1) is 23.7 Å². The smallest absolute Gasteiger partial charge is 0.230 e. The molecule has 1 aromatic heterocycles. The van der Waals surface area contributed by atoms with Gasteiger partial charge in [-0.3, -0.25) is 9.59 Å². The summed E-state index contributed by atoms with van der Waals surface area (Å²) in [7, 11) is 1.53. The van der Waals surface area contributed by atoms with Crippen molar-refractivity contribution in [2.24, 2.45) is 0 Å². The molecule has 4 aromatic rings. The van der Waals surface area contributed by atoms with Crippen LogP contribution in [0.25, 0.3) is 10.2 Å². The van der Waals surface area contributed by atoms with Crippen LogP contribution in [0.15, 0.2) is 66.7 Å². The number of anilines is 1. The summed E-state index contributed by atoms with van der Waals surface area (Å²) in [6, 6.07) is 20.2. The highest BCUT2D eigenvalue weighted by Gasteiger charge is 2.14. The van der Waals surface area contributed by atoms with E-state index in [0.29, 0.717) is 27.8 Å². The fourth-order valence-electron chi connectivity index (χ4n) is 3.12. The van der Waals surface area contributed by atoms with Crippen molar-refractivity contribution >= 4 is 38.4 Å². The maximum absolute atomic E-state index is 12.6. The third-order valence-electron chi connectivity index (χ3n) is 4.62. The Morgan fingerprint density at radius 3 is 2.55 bits per heavy atom. The molecule has 31 heavy (non-hydrogen) atoms. The van der Waals surface area contributed by atoms with Gasteiger partial charge in [0.1, 0.15) is 17.2 Å². The van der Waals surface area contributed by atoms with Crippen molar-refractivity contribution in [1.29, 1.82) is 0 Å². The number of aromatic nitrogens is 1. The van der Waals surface area contributed by atoms with Crippen molar-refractivity contribution < 1.29 is 19.1 Å². The van der Waals surface area contributed by atoms with E-state index in [-0.39, 0.29) is 18.1 Å². The first-order valence-corrected chi connectivity index (χ1v) is 10.4. The Bertz CT molecular complexity index is 1250. The molecule has 0 aliphatic rings. The van der Waals surface area contributed by atoms with Crippen LogP contribution in [0.3, 0.4) is 0 Å². The maximum Gasteiger partial charge on any atom is 0.230 e. The lowest BCUT2D eigenvalue weighted by molar-refractivity contribution is -0.115. The minimum absolute atomic E-state index is 0.0657. The average Bonchev–Trinajstić information content (AvgIpc) is 3.15. The van der Waals surface area contributed by atoms with Crippen LogP contribution in [0.2, 0.25) is 0 Å². The standard InChI is InChI=1S/C24H20N2O4S/c1-15(27)16-8-11-21(29-2)17(12-16)13-23(28)26-24-25-20-10-9-19(14-22(20)31-24)30-18-6-4-3-5-7-18/h3-12,14H,13H2,1-2H3,(H,25,26,28). The Labute approximate surface area is 183 Å². The van der Waals surface area contributed by atoms with Gasteiger partial charge in [-0.2, -0.15) is 0 Å². The Morgan fingerprint density at radius 2 is 1.81 bits per heavy atom. The minimum Gasteiger partial charge on any atom is -0.496 e.